The summed E-state index contributed by atoms with van der Waals surface area (Å²) >= 11 is 0. The predicted octanol–water partition coefficient (Wildman–Crippen LogP) is 3.66. The second kappa shape index (κ2) is 8.55. The number of carbonyl (C=O) groups is 1. The van der Waals surface area contributed by atoms with Crippen molar-refractivity contribution in [2.75, 3.05) is 25.5 Å². The van der Waals surface area contributed by atoms with Crippen molar-refractivity contribution < 1.29 is 17.9 Å². The summed E-state index contributed by atoms with van der Waals surface area (Å²) in [4.78, 5) is 13.0. The summed E-state index contributed by atoms with van der Waals surface area (Å²) in [5.41, 5.74) is 3.65. The maximum atomic E-state index is 13.1. The Kier molecular flexibility index (Phi) is 6.29. The minimum absolute atomic E-state index is 0.136. The van der Waals surface area contributed by atoms with Crippen molar-refractivity contribution in [3.05, 3.63) is 53.1 Å². The Bertz CT molecular complexity index is 1020. The Balaban J connectivity index is 1.75. The zero-order chi connectivity index (χ0) is 21.2. The number of ether oxygens (including phenoxy) is 1. The average Bonchev–Trinajstić information content (AvgIpc) is 2.70. The van der Waals surface area contributed by atoms with E-state index in [9.17, 15) is 13.2 Å². The van der Waals surface area contributed by atoms with Gasteiger partial charge in [-0.05, 0) is 69.0 Å². The van der Waals surface area contributed by atoms with Crippen LogP contribution in [-0.4, -0.2) is 38.8 Å². The topological polar surface area (TPSA) is 75.7 Å². The molecule has 6 nitrogen and oxygen atoms in total. The van der Waals surface area contributed by atoms with E-state index in [4.69, 9.17) is 4.74 Å². The summed E-state index contributed by atoms with van der Waals surface area (Å²) in [7, 11) is -2.11. The van der Waals surface area contributed by atoms with Crippen LogP contribution in [0.2, 0.25) is 0 Å². The van der Waals surface area contributed by atoms with E-state index in [0.29, 0.717) is 25.1 Å². The van der Waals surface area contributed by atoms with Crippen molar-refractivity contribution in [1.29, 1.82) is 0 Å². The van der Waals surface area contributed by atoms with Crippen molar-refractivity contribution in [2.45, 2.75) is 38.5 Å². The van der Waals surface area contributed by atoms with Gasteiger partial charge >= 0.3 is 0 Å². The van der Waals surface area contributed by atoms with Crippen LogP contribution in [0.3, 0.4) is 0 Å². The lowest BCUT2D eigenvalue weighted by atomic mass is 9.98. The molecule has 0 saturated carbocycles. The molecule has 0 bridgehead atoms. The summed E-state index contributed by atoms with van der Waals surface area (Å²) in [5, 5.41) is 2.97. The molecule has 3 rings (SSSR count). The molecular formula is C22H28N2O4S. The van der Waals surface area contributed by atoms with Gasteiger partial charge in [-0.25, -0.2) is 8.42 Å². The van der Waals surface area contributed by atoms with Crippen LogP contribution in [0, 0.1) is 26.7 Å². The minimum atomic E-state index is -3.66. The molecule has 156 valence electrons. The molecular weight excluding hydrogens is 388 g/mol. The number of aryl methyl sites for hydroxylation is 3. The van der Waals surface area contributed by atoms with E-state index in [2.05, 4.69) is 5.32 Å². The average molecular weight is 417 g/mol. The number of methoxy groups -OCH3 is 1. The van der Waals surface area contributed by atoms with Gasteiger partial charge in [0.25, 0.3) is 0 Å². The van der Waals surface area contributed by atoms with Crippen LogP contribution in [0.1, 0.15) is 29.5 Å². The van der Waals surface area contributed by atoms with Crippen LogP contribution in [0.25, 0.3) is 0 Å². The molecule has 0 radical (unpaired) electrons. The number of benzene rings is 2. The number of nitrogens with one attached hydrogen (secondary N) is 1. The molecule has 1 N–H and O–H groups in total. The van der Waals surface area contributed by atoms with Gasteiger partial charge in [0.1, 0.15) is 5.75 Å². The number of carbonyl (C=O) groups excluding carboxylic acids is 1. The molecule has 1 heterocycles. The van der Waals surface area contributed by atoms with E-state index in [1.54, 1.807) is 25.3 Å². The summed E-state index contributed by atoms with van der Waals surface area (Å²) in [6, 6.07) is 10.7. The SMILES string of the molecule is COc1ccc(S(=O)(=O)N2CCC[C@H](C(=O)Nc3ccc(C)cc3C)C2)cc1C. The number of anilines is 1. The molecule has 0 unspecified atom stereocenters. The van der Waals surface area contributed by atoms with E-state index < -0.39 is 10.0 Å². The van der Waals surface area contributed by atoms with Crippen LogP contribution in [0.15, 0.2) is 41.3 Å². The molecule has 0 spiro atoms. The normalized spacial score (nSPS) is 17.7. The van der Waals surface area contributed by atoms with Crippen LogP contribution in [0.5, 0.6) is 5.75 Å². The molecule has 1 aliphatic rings. The number of sulfonamides is 1. The minimum Gasteiger partial charge on any atom is -0.496 e. The fourth-order valence-electron chi connectivity index (χ4n) is 3.72. The van der Waals surface area contributed by atoms with Crippen LogP contribution >= 0.6 is 0 Å². The number of hydrogen-bond donors (Lipinski definition) is 1. The fraction of sp³-hybridized carbons (Fsp3) is 0.409. The lowest BCUT2D eigenvalue weighted by molar-refractivity contribution is -0.120. The van der Waals surface area contributed by atoms with Gasteiger partial charge in [0, 0.05) is 18.8 Å². The summed E-state index contributed by atoms with van der Waals surface area (Å²) in [6.45, 7) is 6.37. The first-order valence-corrected chi connectivity index (χ1v) is 11.2. The highest BCUT2D eigenvalue weighted by Gasteiger charge is 2.33. The van der Waals surface area contributed by atoms with Gasteiger partial charge in [-0.1, -0.05) is 17.7 Å². The van der Waals surface area contributed by atoms with Gasteiger partial charge in [-0.2, -0.15) is 4.31 Å². The van der Waals surface area contributed by atoms with Gasteiger partial charge in [0.15, 0.2) is 0 Å². The number of rotatable bonds is 5. The molecule has 1 fully saturated rings. The van der Waals surface area contributed by atoms with Crippen molar-refractivity contribution in [3.8, 4) is 5.75 Å². The maximum absolute atomic E-state index is 13.1. The molecule has 1 aliphatic heterocycles. The van der Waals surface area contributed by atoms with Crippen molar-refractivity contribution >= 4 is 21.6 Å². The fourth-order valence-corrected chi connectivity index (χ4v) is 5.33. The summed E-state index contributed by atoms with van der Waals surface area (Å²) in [5.74, 6) is 0.134. The first-order valence-electron chi connectivity index (χ1n) is 9.75. The number of piperidine rings is 1. The number of amides is 1. The van der Waals surface area contributed by atoms with Crippen molar-refractivity contribution in [3.63, 3.8) is 0 Å². The van der Waals surface area contributed by atoms with E-state index >= 15 is 0 Å². The zero-order valence-electron chi connectivity index (χ0n) is 17.4. The van der Waals surface area contributed by atoms with Crippen molar-refractivity contribution in [2.24, 2.45) is 5.92 Å². The molecule has 2 aromatic carbocycles. The third-order valence-electron chi connectivity index (χ3n) is 5.40. The van der Waals surface area contributed by atoms with Crippen molar-refractivity contribution in [1.82, 2.24) is 4.31 Å². The Morgan fingerprint density at radius 1 is 1.10 bits per heavy atom. The van der Waals surface area contributed by atoms with Crippen LogP contribution in [0.4, 0.5) is 5.69 Å². The lowest BCUT2D eigenvalue weighted by Crippen LogP contribution is -2.43. The first kappa shape index (κ1) is 21.3. The summed E-state index contributed by atoms with van der Waals surface area (Å²) < 4.78 is 32.9. The quantitative estimate of drug-likeness (QED) is 0.807. The van der Waals surface area contributed by atoms with E-state index in [-0.39, 0.29) is 23.3 Å². The Labute approximate surface area is 172 Å². The molecule has 7 heteroatoms. The van der Waals surface area contributed by atoms with Gasteiger partial charge in [0.2, 0.25) is 15.9 Å². The van der Waals surface area contributed by atoms with Gasteiger partial charge in [0.05, 0.1) is 17.9 Å². The number of nitrogens with zero attached hydrogens (tertiary/aromatic N) is 1. The predicted molar refractivity (Wildman–Crippen MR) is 114 cm³/mol. The summed E-state index contributed by atoms with van der Waals surface area (Å²) in [6.07, 6.45) is 1.32. The van der Waals surface area contributed by atoms with Gasteiger partial charge < -0.3 is 10.1 Å². The zero-order valence-corrected chi connectivity index (χ0v) is 18.2. The highest BCUT2D eigenvalue weighted by Crippen LogP contribution is 2.28. The monoisotopic (exact) mass is 416 g/mol. The Morgan fingerprint density at radius 2 is 1.86 bits per heavy atom. The van der Waals surface area contributed by atoms with E-state index in [0.717, 1.165) is 22.4 Å². The molecule has 2 aromatic rings. The van der Waals surface area contributed by atoms with E-state index in [1.807, 2.05) is 39.0 Å². The molecule has 0 aliphatic carbocycles. The highest BCUT2D eigenvalue weighted by atomic mass is 32.2. The number of hydrogen-bond acceptors (Lipinski definition) is 4. The Morgan fingerprint density at radius 3 is 2.52 bits per heavy atom. The second-order valence-corrected chi connectivity index (χ2v) is 9.58. The first-order chi connectivity index (χ1) is 13.7. The van der Waals surface area contributed by atoms with Crippen LogP contribution in [-0.2, 0) is 14.8 Å². The molecule has 1 atom stereocenters. The highest BCUT2D eigenvalue weighted by molar-refractivity contribution is 7.89. The van der Waals surface area contributed by atoms with Gasteiger partial charge in [-0.15, -0.1) is 0 Å². The molecule has 29 heavy (non-hydrogen) atoms. The largest absolute Gasteiger partial charge is 0.496 e. The standard InChI is InChI=1S/C22H28N2O4S/c1-15-7-9-20(16(2)12-15)23-22(25)18-6-5-11-24(14-18)29(26,27)19-8-10-21(28-4)17(3)13-19/h7-10,12-13,18H,5-6,11,14H2,1-4H3,(H,23,25)/t18-/m0/s1. The smallest absolute Gasteiger partial charge is 0.243 e. The molecule has 1 saturated heterocycles. The molecule has 0 aromatic heterocycles. The Hall–Kier alpha value is -2.38. The van der Waals surface area contributed by atoms with Crippen LogP contribution < -0.4 is 10.1 Å². The second-order valence-electron chi connectivity index (χ2n) is 7.64. The maximum Gasteiger partial charge on any atom is 0.243 e. The van der Waals surface area contributed by atoms with E-state index in [1.165, 1.54) is 4.31 Å². The lowest BCUT2D eigenvalue weighted by Gasteiger charge is -2.31. The third-order valence-corrected chi connectivity index (χ3v) is 7.26. The van der Waals surface area contributed by atoms with Gasteiger partial charge in [-0.3, -0.25) is 4.79 Å². The molecule has 1 amide bonds. The third kappa shape index (κ3) is 4.62.